The van der Waals surface area contributed by atoms with Gasteiger partial charge in [-0.3, -0.25) is 4.79 Å². The van der Waals surface area contributed by atoms with Crippen LogP contribution in [0.3, 0.4) is 0 Å². The minimum absolute atomic E-state index is 0.0179. The maximum absolute atomic E-state index is 12.2. The van der Waals surface area contributed by atoms with E-state index in [4.69, 9.17) is 0 Å². The van der Waals surface area contributed by atoms with Crippen LogP contribution < -0.4 is 10.2 Å². The molecule has 0 saturated heterocycles. The first-order valence-corrected chi connectivity index (χ1v) is 10.2. The zero-order valence-corrected chi connectivity index (χ0v) is 17.2. The number of nitrogens with zero attached hydrogens (tertiary/aromatic N) is 4. The molecule has 1 amide bonds. The quantitative estimate of drug-likeness (QED) is 0.592. The molecule has 1 N–H and O–H groups in total. The number of rotatable bonds is 8. The summed E-state index contributed by atoms with van der Waals surface area (Å²) in [5, 5.41) is 12.4. The van der Waals surface area contributed by atoms with Crippen LogP contribution in [0.5, 0.6) is 0 Å². The van der Waals surface area contributed by atoms with Crippen LogP contribution in [0.15, 0.2) is 59.8 Å². The van der Waals surface area contributed by atoms with Gasteiger partial charge in [0.15, 0.2) is 11.0 Å². The van der Waals surface area contributed by atoms with Crippen molar-refractivity contribution in [1.29, 1.82) is 0 Å². The van der Waals surface area contributed by atoms with Gasteiger partial charge in [-0.15, -0.1) is 10.2 Å². The van der Waals surface area contributed by atoms with Crippen molar-refractivity contribution < 1.29 is 4.79 Å². The van der Waals surface area contributed by atoms with E-state index in [1.165, 1.54) is 11.8 Å². The second kappa shape index (κ2) is 9.41. The first kappa shape index (κ1) is 19.9. The zero-order valence-electron chi connectivity index (χ0n) is 16.4. The third-order valence-electron chi connectivity index (χ3n) is 4.32. The lowest BCUT2D eigenvalue weighted by molar-refractivity contribution is -0.118. The number of nitrogens with one attached hydrogen (secondary N) is 1. The molecule has 6 nitrogen and oxygen atoms in total. The highest BCUT2D eigenvalue weighted by atomic mass is 32.2. The van der Waals surface area contributed by atoms with Crippen LogP contribution in [0.1, 0.15) is 12.5 Å². The van der Waals surface area contributed by atoms with E-state index in [9.17, 15) is 4.79 Å². The van der Waals surface area contributed by atoms with Gasteiger partial charge in [0.2, 0.25) is 5.91 Å². The number of carbonyl (C=O) groups is 1. The smallest absolute Gasteiger partial charge is 0.230 e. The lowest BCUT2D eigenvalue weighted by atomic mass is 10.2. The number of aromatic nitrogens is 3. The van der Waals surface area contributed by atoms with Gasteiger partial charge in [0.1, 0.15) is 0 Å². The molecule has 0 spiro atoms. The van der Waals surface area contributed by atoms with Gasteiger partial charge >= 0.3 is 0 Å². The largest absolute Gasteiger partial charge is 0.378 e. The number of carbonyl (C=O) groups excluding carboxylic acids is 1. The van der Waals surface area contributed by atoms with Crippen molar-refractivity contribution in [3.05, 3.63) is 60.2 Å². The van der Waals surface area contributed by atoms with Crippen LogP contribution in [-0.2, 0) is 17.9 Å². The average Bonchev–Trinajstić information content (AvgIpc) is 3.14. The lowest BCUT2D eigenvalue weighted by Crippen LogP contribution is -2.24. The monoisotopic (exact) mass is 395 g/mol. The van der Waals surface area contributed by atoms with Crippen molar-refractivity contribution in [2.45, 2.75) is 25.2 Å². The van der Waals surface area contributed by atoms with E-state index in [1.807, 2.05) is 61.1 Å². The van der Waals surface area contributed by atoms with Gasteiger partial charge in [-0.25, -0.2) is 0 Å². The summed E-state index contributed by atoms with van der Waals surface area (Å²) in [7, 11) is 4.03. The summed E-state index contributed by atoms with van der Waals surface area (Å²) < 4.78 is 2.05. The predicted octanol–water partition coefficient (Wildman–Crippen LogP) is 3.44. The zero-order chi connectivity index (χ0) is 19.9. The van der Waals surface area contributed by atoms with Gasteiger partial charge in [-0.2, -0.15) is 0 Å². The molecule has 2 aromatic carbocycles. The van der Waals surface area contributed by atoms with E-state index in [0.717, 1.165) is 34.3 Å². The fourth-order valence-corrected chi connectivity index (χ4v) is 3.63. The van der Waals surface area contributed by atoms with E-state index in [2.05, 4.69) is 39.5 Å². The normalized spacial score (nSPS) is 10.7. The Balaban J connectivity index is 1.65. The Morgan fingerprint density at radius 3 is 2.61 bits per heavy atom. The molecule has 1 aromatic heterocycles. The molecule has 0 aliphatic heterocycles. The Hall–Kier alpha value is -2.80. The van der Waals surface area contributed by atoms with Gasteiger partial charge in [-0.1, -0.05) is 54.2 Å². The molecule has 7 heteroatoms. The minimum atomic E-state index is -0.0179. The molecule has 0 bridgehead atoms. The van der Waals surface area contributed by atoms with Crippen LogP contribution in [0.25, 0.3) is 11.4 Å². The Morgan fingerprint density at radius 2 is 1.89 bits per heavy atom. The highest BCUT2D eigenvalue weighted by Gasteiger charge is 2.15. The number of thioether (sulfide) groups is 1. The molecular formula is C21H25N5OS. The number of hydrogen-bond acceptors (Lipinski definition) is 5. The van der Waals surface area contributed by atoms with Crippen molar-refractivity contribution in [2.24, 2.45) is 0 Å². The first-order valence-electron chi connectivity index (χ1n) is 9.23. The van der Waals surface area contributed by atoms with Crippen LogP contribution in [0.4, 0.5) is 5.69 Å². The summed E-state index contributed by atoms with van der Waals surface area (Å²) in [5.74, 6) is 1.11. The number of benzene rings is 2. The maximum atomic E-state index is 12.2. The van der Waals surface area contributed by atoms with Gasteiger partial charge in [-0.05, 0) is 24.6 Å². The van der Waals surface area contributed by atoms with Crippen LogP contribution in [0.2, 0.25) is 0 Å². The third kappa shape index (κ3) is 4.92. The molecule has 0 saturated carbocycles. The Morgan fingerprint density at radius 1 is 1.11 bits per heavy atom. The molecule has 0 aliphatic rings. The van der Waals surface area contributed by atoms with Gasteiger partial charge in [0, 0.05) is 38.4 Å². The van der Waals surface area contributed by atoms with Crippen molar-refractivity contribution in [3.63, 3.8) is 0 Å². The Kier molecular flexibility index (Phi) is 6.71. The van der Waals surface area contributed by atoms with Crippen molar-refractivity contribution in [3.8, 4) is 11.4 Å². The fourth-order valence-electron chi connectivity index (χ4n) is 2.79. The first-order chi connectivity index (χ1) is 13.6. The van der Waals surface area contributed by atoms with E-state index >= 15 is 0 Å². The lowest BCUT2D eigenvalue weighted by Gasteiger charge is -2.14. The maximum Gasteiger partial charge on any atom is 0.230 e. The molecule has 3 rings (SSSR count). The highest BCUT2D eigenvalue weighted by molar-refractivity contribution is 7.99. The summed E-state index contributed by atoms with van der Waals surface area (Å²) in [6, 6.07) is 18.1. The van der Waals surface area contributed by atoms with Crippen LogP contribution in [-0.4, -0.2) is 40.5 Å². The molecule has 0 radical (unpaired) electrons. The second-order valence-electron chi connectivity index (χ2n) is 6.55. The van der Waals surface area contributed by atoms with Gasteiger partial charge < -0.3 is 14.8 Å². The molecule has 146 valence electrons. The molecule has 0 fully saturated rings. The topological polar surface area (TPSA) is 63.1 Å². The van der Waals surface area contributed by atoms with Crippen LogP contribution in [0, 0.1) is 0 Å². The van der Waals surface area contributed by atoms with E-state index < -0.39 is 0 Å². The number of anilines is 1. The minimum Gasteiger partial charge on any atom is -0.378 e. The predicted molar refractivity (Wildman–Crippen MR) is 114 cm³/mol. The summed E-state index contributed by atoms with van der Waals surface area (Å²) in [6.45, 7) is 3.33. The van der Waals surface area contributed by atoms with E-state index in [-0.39, 0.29) is 5.91 Å². The summed E-state index contributed by atoms with van der Waals surface area (Å²) >= 11 is 1.41. The average molecular weight is 396 g/mol. The van der Waals surface area contributed by atoms with E-state index in [1.54, 1.807) is 0 Å². The molecule has 3 aromatic rings. The summed E-state index contributed by atoms with van der Waals surface area (Å²) in [6.07, 6.45) is 0. The van der Waals surface area contributed by atoms with E-state index in [0.29, 0.717) is 12.3 Å². The standard InChI is InChI=1S/C21H25N5OS/c1-4-26-20(17-11-8-12-18(13-17)25(2)3)23-24-21(26)28-15-19(27)22-14-16-9-6-5-7-10-16/h5-13H,4,14-15H2,1-3H3,(H,22,27). The molecule has 0 unspecified atom stereocenters. The van der Waals surface area contributed by atoms with Crippen molar-refractivity contribution in [1.82, 2.24) is 20.1 Å². The summed E-state index contributed by atoms with van der Waals surface area (Å²) in [5.41, 5.74) is 3.21. The SMILES string of the molecule is CCn1c(SCC(=O)NCc2ccccc2)nnc1-c1cccc(N(C)C)c1. The van der Waals surface area contributed by atoms with Crippen molar-refractivity contribution in [2.75, 3.05) is 24.7 Å². The molecule has 1 heterocycles. The van der Waals surface area contributed by atoms with Gasteiger partial charge in [0.05, 0.1) is 5.75 Å². The van der Waals surface area contributed by atoms with Crippen molar-refractivity contribution >= 4 is 23.4 Å². The Bertz CT molecular complexity index is 924. The highest BCUT2D eigenvalue weighted by Crippen LogP contribution is 2.26. The third-order valence-corrected chi connectivity index (χ3v) is 5.29. The number of amides is 1. The Labute approximate surface area is 170 Å². The molecular weight excluding hydrogens is 370 g/mol. The molecule has 0 atom stereocenters. The van der Waals surface area contributed by atoms with Crippen LogP contribution >= 0.6 is 11.8 Å². The number of hydrogen-bond donors (Lipinski definition) is 1. The molecule has 28 heavy (non-hydrogen) atoms. The fraction of sp³-hybridized carbons (Fsp3) is 0.286. The second-order valence-corrected chi connectivity index (χ2v) is 7.49. The van der Waals surface area contributed by atoms with Gasteiger partial charge in [0.25, 0.3) is 0 Å². The summed E-state index contributed by atoms with van der Waals surface area (Å²) in [4.78, 5) is 14.2. The molecule has 0 aliphatic carbocycles.